The summed E-state index contributed by atoms with van der Waals surface area (Å²) < 4.78 is 18.9. The van der Waals surface area contributed by atoms with Gasteiger partial charge >= 0.3 is 15.1 Å². The molecule has 0 aliphatic rings. The fraction of sp³-hybridized carbons (Fsp3) is 1.00. The highest BCUT2D eigenvalue weighted by atomic mass is 27.3. The topological polar surface area (TPSA) is 27.7 Å². The second-order valence-corrected chi connectivity index (χ2v) is 21.8. The molecular formula is C54H111AlO3. The van der Waals surface area contributed by atoms with Crippen molar-refractivity contribution in [1.29, 1.82) is 0 Å². The van der Waals surface area contributed by atoms with E-state index in [0.29, 0.717) is 0 Å². The van der Waals surface area contributed by atoms with Crippen LogP contribution in [0.15, 0.2) is 0 Å². The monoisotopic (exact) mass is 835 g/mol. The molecule has 0 amide bonds. The largest absolute Gasteiger partial charge is 0.905 e. The third-order valence-electron chi connectivity index (χ3n) is 12.5. The summed E-state index contributed by atoms with van der Waals surface area (Å²) in [5.41, 5.74) is 0. The van der Waals surface area contributed by atoms with Gasteiger partial charge in [0.15, 0.2) is 0 Å². The van der Waals surface area contributed by atoms with Gasteiger partial charge in [0.25, 0.3) is 0 Å². The van der Waals surface area contributed by atoms with E-state index in [-0.39, 0.29) is 0 Å². The van der Waals surface area contributed by atoms with E-state index in [1.165, 1.54) is 250 Å². The lowest BCUT2D eigenvalue weighted by molar-refractivity contribution is 0.0885. The Bertz CT molecular complexity index is 632. The normalized spacial score (nSPS) is 11.9. The predicted molar refractivity (Wildman–Crippen MR) is 262 cm³/mol. The zero-order chi connectivity index (χ0) is 42.3. The Morgan fingerprint density at radius 3 is 0.500 bits per heavy atom. The summed E-state index contributed by atoms with van der Waals surface area (Å²) in [6, 6.07) is 0. The Labute approximate surface area is 373 Å². The standard InChI is InChI=1S/3C18H37O.Al/c3*1-18(2)16-14-12-10-8-6-4-3-5-7-9-11-13-15-17-19;/h3*18H,3-17H2,1-2H3;/q3*-1;+3. The smallest absolute Gasteiger partial charge is 0.454 e. The third-order valence-corrected chi connectivity index (χ3v) is 14.1. The van der Waals surface area contributed by atoms with Crippen molar-refractivity contribution in [1.82, 2.24) is 0 Å². The van der Waals surface area contributed by atoms with Gasteiger partial charge in [-0.05, 0) is 37.0 Å². The first-order valence-electron chi connectivity index (χ1n) is 27.3. The molecule has 0 aliphatic carbocycles. The first-order chi connectivity index (χ1) is 28.4. The summed E-state index contributed by atoms with van der Waals surface area (Å²) in [4.78, 5) is 0. The second kappa shape index (κ2) is 50.1. The maximum atomic E-state index is 6.31. The van der Waals surface area contributed by atoms with Crippen molar-refractivity contribution in [2.45, 2.75) is 311 Å². The lowest BCUT2D eigenvalue weighted by atomic mass is 10.0. The lowest BCUT2D eigenvalue weighted by Gasteiger charge is -2.14. The Hall–Kier alpha value is 0.412. The molecule has 0 rings (SSSR count). The van der Waals surface area contributed by atoms with Crippen LogP contribution in [-0.4, -0.2) is 35.0 Å². The van der Waals surface area contributed by atoms with E-state index in [2.05, 4.69) is 41.5 Å². The number of hydrogen-bond acceptors (Lipinski definition) is 3. The molecule has 0 spiro atoms. The summed E-state index contributed by atoms with van der Waals surface area (Å²) in [5, 5.41) is 0. The van der Waals surface area contributed by atoms with Crippen LogP contribution in [0, 0.1) is 17.8 Å². The van der Waals surface area contributed by atoms with Crippen LogP contribution in [0.3, 0.4) is 0 Å². The van der Waals surface area contributed by atoms with Crippen molar-refractivity contribution in [3.8, 4) is 0 Å². The van der Waals surface area contributed by atoms with Crippen molar-refractivity contribution in [3.05, 3.63) is 0 Å². The van der Waals surface area contributed by atoms with Gasteiger partial charge in [-0.25, -0.2) is 0 Å². The van der Waals surface area contributed by atoms with Gasteiger partial charge in [-0.15, -0.1) is 0 Å². The van der Waals surface area contributed by atoms with E-state index in [1.54, 1.807) is 0 Å². The fourth-order valence-corrected chi connectivity index (χ4v) is 9.85. The summed E-state index contributed by atoms with van der Waals surface area (Å²) in [6.45, 7) is 16.6. The molecular weight excluding hydrogens is 724 g/mol. The molecule has 0 aromatic rings. The highest BCUT2D eigenvalue weighted by molar-refractivity contribution is 6.36. The molecule has 0 unspecified atom stereocenters. The van der Waals surface area contributed by atoms with Crippen molar-refractivity contribution in [2.24, 2.45) is 17.8 Å². The molecule has 0 heterocycles. The molecule has 0 aromatic heterocycles. The maximum absolute atomic E-state index is 6.31. The summed E-state index contributed by atoms with van der Waals surface area (Å²) in [5.74, 6) is 2.63. The van der Waals surface area contributed by atoms with Crippen LogP contribution in [0.4, 0.5) is 0 Å². The van der Waals surface area contributed by atoms with Crippen LogP contribution >= 0.6 is 0 Å². The number of unbranched alkanes of at least 4 members (excludes halogenated alkanes) is 36. The summed E-state index contributed by atoms with van der Waals surface area (Å²) >= 11 is -2.02. The van der Waals surface area contributed by atoms with Crippen LogP contribution in [0.5, 0.6) is 0 Å². The average Bonchev–Trinajstić information content (AvgIpc) is 3.19. The van der Waals surface area contributed by atoms with E-state index in [0.717, 1.165) is 56.8 Å². The molecule has 0 saturated carbocycles. The molecule has 0 aliphatic heterocycles. The number of hydrogen-bond donors (Lipinski definition) is 0. The Balaban J connectivity index is 3.97. The van der Waals surface area contributed by atoms with Crippen molar-refractivity contribution < 1.29 is 11.4 Å². The molecule has 0 N–H and O–H groups in total. The molecule has 0 saturated heterocycles. The van der Waals surface area contributed by atoms with Crippen molar-refractivity contribution in [2.75, 3.05) is 19.8 Å². The highest BCUT2D eigenvalue weighted by Crippen LogP contribution is 2.18. The van der Waals surface area contributed by atoms with Gasteiger partial charge in [0.05, 0.1) is 0 Å². The van der Waals surface area contributed by atoms with Crippen LogP contribution in [0.2, 0.25) is 0 Å². The molecule has 4 heteroatoms. The van der Waals surface area contributed by atoms with Gasteiger partial charge in [-0.1, -0.05) is 292 Å². The minimum Gasteiger partial charge on any atom is -0.454 e. The fourth-order valence-electron chi connectivity index (χ4n) is 8.48. The minimum atomic E-state index is -2.02. The Kier molecular flexibility index (Phi) is 50.4. The average molecular weight is 835 g/mol. The molecule has 0 atom stereocenters. The Morgan fingerprint density at radius 1 is 0.207 bits per heavy atom. The number of rotatable bonds is 51. The van der Waals surface area contributed by atoms with Gasteiger partial charge in [0, 0.05) is 19.8 Å². The van der Waals surface area contributed by atoms with Crippen molar-refractivity contribution in [3.63, 3.8) is 0 Å². The summed E-state index contributed by atoms with van der Waals surface area (Å²) in [7, 11) is 0. The molecule has 3 nitrogen and oxygen atoms in total. The predicted octanol–water partition coefficient (Wildman–Crippen LogP) is 19.4. The van der Waals surface area contributed by atoms with E-state index >= 15 is 0 Å². The minimum absolute atomic E-state index is 0.824. The zero-order valence-corrected chi connectivity index (χ0v) is 42.5. The van der Waals surface area contributed by atoms with Gasteiger partial charge in [-0.3, -0.25) is 0 Å². The van der Waals surface area contributed by atoms with E-state index < -0.39 is 15.1 Å². The molecule has 0 aromatic carbocycles. The van der Waals surface area contributed by atoms with Gasteiger partial charge in [0.2, 0.25) is 0 Å². The Morgan fingerprint density at radius 2 is 0.345 bits per heavy atom. The van der Waals surface area contributed by atoms with E-state index in [4.69, 9.17) is 11.4 Å². The molecule has 0 fully saturated rings. The third kappa shape index (κ3) is 52.6. The van der Waals surface area contributed by atoms with E-state index in [9.17, 15) is 0 Å². The van der Waals surface area contributed by atoms with Crippen LogP contribution in [0.25, 0.3) is 0 Å². The summed E-state index contributed by atoms with van der Waals surface area (Å²) in [6.07, 6.45) is 58.7. The van der Waals surface area contributed by atoms with Gasteiger partial charge in [0.1, 0.15) is 0 Å². The maximum Gasteiger partial charge on any atom is 0.905 e. The molecule has 0 radical (unpaired) electrons. The van der Waals surface area contributed by atoms with Crippen molar-refractivity contribution >= 4 is 15.1 Å². The lowest BCUT2D eigenvalue weighted by Crippen LogP contribution is -2.28. The van der Waals surface area contributed by atoms with E-state index in [1.807, 2.05) is 0 Å². The zero-order valence-electron chi connectivity index (χ0n) is 41.4. The van der Waals surface area contributed by atoms with Crippen LogP contribution in [0.1, 0.15) is 311 Å². The van der Waals surface area contributed by atoms with Crippen LogP contribution < -0.4 is 0 Å². The SMILES string of the molecule is CC(C)CCCCCCCCCCCCCCC[O][Al]([O]CCCCCCCCCCCCCCCC(C)C)[O]CCCCCCCCCCCCCCCC(C)C. The molecule has 58 heavy (non-hydrogen) atoms. The quantitative estimate of drug-likeness (QED) is 0.0451. The molecule has 0 bridgehead atoms. The highest BCUT2D eigenvalue weighted by Gasteiger charge is 2.30. The van der Waals surface area contributed by atoms with Gasteiger partial charge in [-0.2, -0.15) is 0 Å². The first-order valence-corrected chi connectivity index (χ1v) is 28.7. The first kappa shape index (κ1) is 58.4. The second-order valence-electron chi connectivity index (χ2n) is 20.2. The van der Waals surface area contributed by atoms with Crippen LogP contribution in [-0.2, 0) is 11.4 Å². The molecule has 348 valence electrons. The van der Waals surface area contributed by atoms with Gasteiger partial charge < -0.3 is 11.4 Å².